The first kappa shape index (κ1) is 86.6. The third-order valence-electron chi connectivity index (χ3n) is 4.82. The van der Waals surface area contributed by atoms with Crippen molar-refractivity contribution in [3.8, 4) is 0 Å². The van der Waals surface area contributed by atoms with Crippen LogP contribution < -0.4 is 75.4 Å². The Balaban J connectivity index is -0.0000000899. The molecule has 0 heterocycles. The molecule has 1 rings (SSSR count). The molecule has 11 nitrogen and oxygen atoms in total. The van der Waals surface area contributed by atoms with Gasteiger partial charge in [-0.15, -0.1) is 0 Å². The van der Waals surface area contributed by atoms with E-state index in [9.17, 15) is 0 Å². The van der Waals surface area contributed by atoms with E-state index in [-0.39, 0.29) is 137 Å². The second kappa shape index (κ2) is 32.8. The minimum absolute atomic E-state index is 0. The summed E-state index contributed by atoms with van der Waals surface area (Å²) < 4.78 is 53.0. The number of rotatable bonds is 9. The fourth-order valence-electron chi connectivity index (χ4n) is 4.10. The van der Waals surface area contributed by atoms with Crippen molar-refractivity contribution in [3.05, 3.63) is 35.9 Å². The van der Waals surface area contributed by atoms with Crippen LogP contribution in [-0.2, 0) is 76.1 Å². The van der Waals surface area contributed by atoms with Crippen LogP contribution in [-0.4, -0.2) is 85.2 Å². The number of hydrogen-bond donors (Lipinski definition) is 0. The summed E-state index contributed by atoms with van der Waals surface area (Å²) in [7, 11) is -9.22. The van der Waals surface area contributed by atoms with Gasteiger partial charge < -0.3 is 87.0 Å². The number of benzene rings is 1. The van der Waals surface area contributed by atoms with Crippen molar-refractivity contribution < 1.29 is 126 Å². The molecule has 0 atom stereocenters. The molecule has 1 aromatic carbocycles. The van der Waals surface area contributed by atoms with Crippen LogP contribution in [0.25, 0.3) is 0 Å². The van der Waals surface area contributed by atoms with Crippen molar-refractivity contribution in [1.29, 1.82) is 0 Å². The van der Waals surface area contributed by atoms with Gasteiger partial charge in [0.1, 0.15) is 0 Å². The smallest absolute Gasteiger partial charge is 0.870 e. The summed E-state index contributed by atoms with van der Waals surface area (Å²) in [5.74, 6) is 0. The zero-order valence-electron chi connectivity index (χ0n) is 47.2. The minimum atomic E-state index is -3.07. The van der Waals surface area contributed by atoms with Gasteiger partial charge in [-0.1, -0.05) is 35.9 Å². The third kappa shape index (κ3) is 62.9. The van der Waals surface area contributed by atoms with E-state index in [0.29, 0.717) is 0 Å². The molecule has 0 aliphatic carbocycles. The van der Waals surface area contributed by atoms with Gasteiger partial charge in [0.15, 0.2) is 0 Å². The fraction of sp³-hybridized carbons (Fsp3) is 0.860. The molecule has 0 radical (unpaired) electrons. The molecular weight excluding hydrogens is 901 g/mol. The summed E-state index contributed by atoms with van der Waals surface area (Å²) in [5, 5.41) is 0. The van der Waals surface area contributed by atoms with E-state index in [0.717, 1.165) is 0 Å². The second-order valence-electron chi connectivity index (χ2n) is 23.1. The van der Waals surface area contributed by atoms with Gasteiger partial charge in [-0.25, -0.2) is 0 Å². The van der Waals surface area contributed by atoms with E-state index in [2.05, 4.69) is 19.1 Å². The zero-order chi connectivity index (χ0) is 47.5. The summed E-state index contributed by atoms with van der Waals surface area (Å²) in [4.78, 5) is 0. The summed E-state index contributed by atoms with van der Waals surface area (Å²) in [6.07, 6.45) is 0. The van der Waals surface area contributed by atoms with E-state index >= 15 is 0 Å². The average Bonchev–Trinajstić information content (AvgIpc) is 2.73. The van der Waals surface area contributed by atoms with E-state index < -0.39 is 23.9 Å². The van der Waals surface area contributed by atoms with Crippen molar-refractivity contribution in [3.63, 3.8) is 0 Å². The Morgan fingerprint density at radius 3 is 0.469 bits per heavy atom. The van der Waals surface area contributed by atoms with Gasteiger partial charge >= 0.3 is 99.3 Å². The predicted octanol–water partition coefficient (Wildman–Crippen LogP) is -0.748. The van der Waals surface area contributed by atoms with Crippen LogP contribution in [0, 0.1) is 6.92 Å². The van der Waals surface area contributed by atoms with Crippen LogP contribution in [0.1, 0.15) is 193 Å². The van der Waals surface area contributed by atoms with E-state index in [1.54, 1.807) is 0 Å². The molecule has 64 heavy (non-hydrogen) atoms. The van der Waals surface area contributed by atoms with Crippen LogP contribution in [0.2, 0.25) is 0 Å². The average molecular weight is 993 g/mol. The molecule has 364 valence electrons. The SMILES string of the molecule is CC(C)(C)O[Si]([S-])(OC(C)(C)C)OC(C)(C)C.CC(C)(C)O[Si]([S-])(OC(C)(C)C)OC(C)(C)C.CC(C)(C)O[Si]([S-])(OC(C)(C)C)OC(C)(C)C.Cc1ccccc1.O.[Li+].[Li+].[Li+].[Li+].[OH-]. The Labute approximate surface area is 462 Å². The zero-order valence-corrected chi connectivity index (χ0v) is 52.7. The normalized spacial score (nSPS) is 13.0. The Bertz CT molecular complexity index is 1050. The third-order valence-corrected chi connectivity index (χ3v) is 14.8. The number of aryl methyl sites for hydroxylation is 1. The van der Waals surface area contributed by atoms with Crippen LogP contribution in [0.4, 0.5) is 0 Å². The molecule has 3 N–H and O–H groups in total. The maximum atomic E-state index is 5.89. The molecule has 0 saturated heterocycles. The monoisotopic (exact) mass is 993 g/mol. The molecular formula is C43H92Li4O11S3Si3. The molecule has 0 bridgehead atoms. The summed E-state index contributed by atoms with van der Waals surface area (Å²) >= 11 is 16.6. The Morgan fingerprint density at radius 1 is 0.297 bits per heavy atom. The fourth-order valence-corrected chi connectivity index (χ4v) is 18.0. The quantitative estimate of drug-likeness (QED) is 0.227. The van der Waals surface area contributed by atoms with Gasteiger partial charge in [-0.3, -0.25) is 0 Å². The molecule has 21 heteroatoms. The van der Waals surface area contributed by atoms with Crippen LogP contribution in [0.15, 0.2) is 30.3 Å². The predicted molar refractivity (Wildman–Crippen MR) is 264 cm³/mol. The van der Waals surface area contributed by atoms with Crippen LogP contribution >= 0.6 is 0 Å². The molecule has 0 aromatic heterocycles. The van der Waals surface area contributed by atoms with Crippen molar-refractivity contribution >= 4 is 60.1 Å². The van der Waals surface area contributed by atoms with E-state index in [1.165, 1.54) is 5.56 Å². The molecule has 0 saturated carbocycles. The largest absolute Gasteiger partial charge is 1.00 e. The van der Waals surface area contributed by atoms with Gasteiger partial charge in [-0.2, -0.15) is 0 Å². The van der Waals surface area contributed by atoms with Crippen LogP contribution in [0.5, 0.6) is 0 Å². The van der Waals surface area contributed by atoms with E-state index in [1.807, 2.05) is 205 Å². The Kier molecular flexibility index (Phi) is 44.5. The van der Waals surface area contributed by atoms with Gasteiger partial charge in [0, 0.05) is 0 Å². The standard InChI is InChI=1S/3C12H27O3SSi.C7H8.4Li.2H2O/c3*1-10(2,3)13-17(16,14-11(4,5)6)15-12(7,8)9;1-7-5-3-2-4-6-7;;;;;;/h3*1-9H3;2-6H,1H3;;;;;2*1H2/q3*-1;;4*+1;;/p-1. The topological polar surface area (TPSA) is 145 Å². The van der Waals surface area contributed by atoms with Gasteiger partial charge in [-0.05, 0) is 194 Å². The summed E-state index contributed by atoms with van der Waals surface area (Å²) in [5.41, 5.74) is -2.01. The molecule has 0 amide bonds. The summed E-state index contributed by atoms with van der Waals surface area (Å²) in [6.45, 7) is 54.9. The molecule has 0 fully saturated rings. The summed E-state index contributed by atoms with van der Waals surface area (Å²) in [6, 6.07) is 10.3. The maximum absolute atomic E-state index is 5.89. The first-order chi connectivity index (χ1) is 24.8. The van der Waals surface area contributed by atoms with Crippen molar-refractivity contribution in [2.45, 2.75) is 244 Å². The molecule has 0 unspecified atom stereocenters. The van der Waals surface area contributed by atoms with Gasteiger partial charge in [0.05, 0.1) is 50.4 Å². The second-order valence-corrected chi connectivity index (χ2v) is 32.4. The first-order valence-corrected chi connectivity index (χ1v) is 28.8. The maximum Gasteiger partial charge on any atom is 1.00 e. The molecule has 0 spiro atoms. The van der Waals surface area contributed by atoms with E-state index in [4.69, 9.17) is 76.1 Å². The van der Waals surface area contributed by atoms with Gasteiger partial charge in [0.2, 0.25) is 0 Å². The molecule has 1 aromatic rings. The van der Waals surface area contributed by atoms with Crippen molar-refractivity contribution in [1.82, 2.24) is 0 Å². The van der Waals surface area contributed by atoms with Crippen molar-refractivity contribution in [2.75, 3.05) is 0 Å². The minimum Gasteiger partial charge on any atom is -0.870 e. The van der Waals surface area contributed by atoms with Gasteiger partial charge in [0.25, 0.3) is 0 Å². The molecule has 0 aliphatic rings. The Hall–Kier alpha value is 2.87. The van der Waals surface area contributed by atoms with Crippen molar-refractivity contribution in [2.24, 2.45) is 0 Å². The Morgan fingerprint density at radius 2 is 0.406 bits per heavy atom. The first-order valence-electron chi connectivity index (χ1n) is 20.2. The van der Waals surface area contributed by atoms with Crippen LogP contribution in [0.3, 0.4) is 0 Å². The number of hydrogen-bond acceptors (Lipinski definition) is 13. The molecule has 0 aliphatic heterocycles.